The Morgan fingerprint density at radius 2 is 2.24 bits per heavy atom. The van der Waals surface area contributed by atoms with Crippen molar-refractivity contribution in [2.45, 2.75) is 31.8 Å². The number of rotatable bonds is 4. The lowest BCUT2D eigenvalue weighted by molar-refractivity contribution is -0.151. The quantitative estimate of drug-likeness (QED) is 0.739. The number of amides is 1. The van der Waals surface area contributed by atoms with E-state index in [1.54, 1.807) is 0 Å². The summed E-state index contributed by atoms with van der Waals surface area (Å²) in [7, 11) is 0. The van der Waals surface area contributed by atoms with E-state index in [0.717, 1.165) is 22.7 Å². The Morgan fingerprint density at radius 3 is 3.04 bits per heavy atom. The van der Waals surface area contributed by atoms with Crippen LogP contribution in [0.1, 0.15) is 23.5 Å². The molecule has 1 amide bonds. The minimum Gasteiger partial charge on any atom is -0.480 e. The number of aromatic amines is 1. The van der Waals surface area contributed by atoms with Gasteiger partial charge >= 0.3 is 5.97 Å². The second-order valence-corrected chi connectivity index (χ2v) is 6.11. The van der Waals surface area contributed by atoms with Gasteiger partial charge in [0.2, 0.25) is 5.91 Å². The zero-order valence-electron chi connectivity index (χ0n) is 13.4. The molecule has 3 aromatic rings. The number of carbonyl (C=O) groups is 2. The molecule has 8 heteroatoms. The van der Waals surface area contributed by atoms with Crippen LogP contribution in [0.15, 0.2) is 36.9 Å². The summed E-state index contributed by atoms with van der Waals surface area (Å²) in [5, 5.41) is 9.45. The Balaban J connectivity index is 1.48. The second kappa shape index (κ2) is 6.04. The summed E-state index contributed by atoms with van der Waals surface area (Å²) in [5.74, 6) is -1.19. The number of nitrogens with one attached hydrogen (secondary N) is 1. The number of imidazole rings is 2. The lowest BCUT2D eigenvalue weighted by Crippen LogP contribution is -2.48. The van der Waals surface area contributed by atoms with Crippen molar-refractivity contribution in [2.24, 2.45) is 0 Å². The molecular weight excluding hydrogens is 322 g/mol. The summed E-state index contributed by atoms with van der Waals surface area (Å²) in [6.45, 7) is 0.246. The molecule has 0 radical (unpaired) electrons. The van der Waals surface area contributed by atoms with Crippen LogP contribution in [0, 0.1) is 0 Å². The minimum absolute atomic E-state index is 0.190. The molecule has 25 heavy (non-hydrogen) atoms. The molecule has 1 atom stereocenters. The fourth-order valence-electron chi connectivity index (χ4n) is 3.20. The van der Waals surface area contributed by atoms with E-state index in [1.807, 2.05) is 35.0 Å². The average molecular weight is 339 g/mol. The van der Waals surface area contributed by atoms with Crippen LogP contribution >= 0.6 is 0 Å². The normalized spacial score (nSPS) is 16.8. The highest BCUT2D eigenvalue weighted by molar-refractivity contribution is 5.84. The Hall–Kier alpha value is -3.16. The van der Waals surface area contributed by atoms with E-state index in [4.69, 9.17) is 0 Å². The molecule has 1 aliphatic heterocycles. The number of carbonyl (C=O) groups excluding carboxylic acids is 1. The lowest BCUT2D eigenvalue weighted by atomic mass is 10.0. The summed E-state index contributed by atoms with van der Waals surface area (Å²) in [6.07, 6.45) is 6.25. The van der Waals surface area contributed by atoms with E-state index in [9.17, 15) is 14.7 Å². The first-order chi connectivity index (χ1) is 12.1. The van der Waals surface area contributed by atoms with Crippen molar-refractivity contribution in [3.05, 3.63) is 54.0 Å². The largest absolute Gasteiger partial charge is 0.480 e. The molecule has 0 aliphatic carbocycles. The number of fused-ring (bicyclic) bond motifs is 2. The minimum atomic E-state index is -1.00. The molecule has 4 rings (SSSR count). The van der Waals surface area contributed by atoms with Crippen molar-refractivity contribution in [3.63, 3.8) is 0 Å². The van der Waals surface area contributed by atoms with Gasteiger partial charge in [0.25, 0.3) is 0 Å². The van der Waals surface area contributed by atoms with Gasteiger partial charge in [0.1, 0.15) is 11.7 Å². The number of H-pyrrole nitrogens is 1. The number of aliphatic carboxylic acids is 1. The first-order valence-electron chi connectivity index (χ1n) is 8.08. The van der Waals surface area contributed by atoms with Gasteiger partial charge in [-0.15, -0.1) is 0 Å². The summed E-state index contributed by atoms with van der Waals surface area (Å²) in [5.41, 5.74) is 3.16. The molecule has 4 heterocycles. The van der Waals surface area contributed by atoms with Crippen molar-refractivity contribution >= 4 is 17.5 Å². The third-order valence-corrected chi connectivity index (χ3v) is 4.51. The Kier molecular flexibility index (Phi) is 3.72. The maximum atomic E-state index is 12.6. The number of carboxylic acids is 1. The molecule has 2 N–H and O–H groups in total. The number of hydrogen-bond acceptors (Lipinski definition) is 4. The van der Waals surface area contributed by atoms with Gasteiger partial charge in [-0.3, -0.25) is 4.79 Å². The standard InChI is InChI=1S/C17H17N5O3/c23-16(5-4-11-8-21-6-2-1-3-15(21)20-11)22-9-13-12(18-10-19-13)7-14(22)17(24)25/h1-3,6,8,10,14H,4-5,7,9H2,(H,18,19)(H,24,25)/t14-/m0/s1. The zero-order valence-corrected chi connectivity index (χ0v) is 13.4. The molecule has 0 unspecified atom stereocenters. The fraction of sp³-hybridized carbons (Fsp3) is 0.294. The number of pyridine rings is 1. The average Bonchev–Trinajstić information content (AvgIpc) is 3.23. The third kappa shape index (κ3) is 2.86. The van der Waals surface area contributed by atoms with Crippen molar-refractivity contribution in [1.29, 1.82) is 0 Å². The van der Waals surface area contributed by atoms with Gasteiger partial charge in [-0.25, -0.2) is 14.8 Å². The summed E-state index contributed by atoms with van der Waals surface area (Å²) in [6, 6.07) is 4.85. The topological polar surface area (TPSA) is 104 Å². The second-order valence-electron chi connectivity index (χ2n) is 6.11. The van der Waals surface area contributed by atoms with E-state index in [0.29, 0.717) is 6.42 Å². The maximum Gasteiger partial charge on any atom is 0.326 e. The SMILES string of the molecule is O=C(O)[C@@H]1Cc2nc[nH]c2CN1C(=O)CCc1cn2ccccc2n1. The van der Waals surface area contributed by atoms with Crippen LogP contribution in [-0.2, 0) is 29.0 Å². The predicted octanol–water partition coefficient (Wildman–Crippen LogP) is 1.03. The van der Waals surface area contributed by atoms with Gasteiger partial charge in [0.05, 0.1) is 30.0 Å². The van der Waals surface area contributed by atoms with Crippen LogP contribution < -0.4 is 0 Å². The molecular formula is C17H17N5O3. The predicted molar refractivity (Wildman–Crippen MR) is 87.8 cm³/mol. The van der Waals surface area contributed by atoms with Crippen molar-refractivity contribution in [3.8, 4) is 0 Å². The van der Waals surface area contributed by atoms with Crippen molar-refractivity contribution < 1.29 is 14.7 Å². The molecule has 128 valence electrons. The molecule has 3 aromatic heterocycles. The monoisotopic (exact) mass is 339 g/mol. The van der Waals surface area contributed by atoms with E-state index >= 15 is 0 Å². The molecule has 0 spiro atoms. The highest BCUT2D eigenvalue weighted by atomic mass is 16.4. The highest BCUT2D eigenvalue weighted by Crippen LogP contribution is 2.22. The van der Waals surface area contributed by atoms with Crippen LogP contribution in [0.4, 0.5) is 0 Å². The van der Waals surface area contributed by atoms with Crippen LogP contribution in [0.25, 0.3) is 5.65 Å². The van der Waals surface area contributed by atoms with Crippen LogP contribution in [-0.4, -0.2) is 47.3 Å². The molecule has 0 bridgehead atoms. The van der Waals surface area contributed by atoms with Crippen molar-refractivity contribution in [2.75, 3.05) is 0 Å². The van der Waals surface area contributed by atoms with Crippen molar-refractivity contribution in [1.82, 2.24) is 24.3 Å². The Morgan fingerprint density at radius 1 is 1.36 bits per heavy atom. The van der Waals surface area contributed by atoms with E-state index in [2.05, 4.69) is 15.0 Å². The molecule has 1 aliphatic rings. The first-order valence-corrected chi connectivity index (χ1v) is 8.08. The maximum absolute atomic E-state index is 12.6. The zero-order chi connectivity index (χ0) is 17.4. The van der Waals surface area contributed by atoms with E-state index in [-0.39, 0.29) is 25.3 Å². The number of aryl methyl sites for hydroxylation is 1. The third-order valence-electron chi connectivity index (χ3n) is 4.51. The molecule has 0 aromatic carbocycles. The Bertz CT molecular complexity index is 912. The van der Waals surface area contributed by atoms with E-state index in [1.165, 1.54) is 11.2 Å². The molecule has 0 fully saturated rings. The van der Waals surface area contributed by atoms with E-state index < -0.39 is 12.0 Å². The van der Waals surface area contributed by atoms with Gasteiger partial charge in [-0.2, -0.15) is 0 Å². The van der Waals surface area contributed by atoms with Gasteiger partial charge < -0.3 is 19.4 Å². The summed E-state index contributed by atoms with van der Waals surface area (Å²) < 4.78 is 1.90. The molecule has 0 saturated carbocycles. The fourth-order valence-corrected chi connectivity index (χ4v) is 3.20. The van der Waals surface area contributed by atoms with Crippen LogP contribution in [0.2, 0.25) is 0 Å². The highest BCUT2D eigenvalue weighted by Gasteiger charge is 2.35. The van der Waals surface area contributed by atoms with Gasteiger partial charge in [-0.05, 0) is 18.6 Å². The number of nitrogens with zero attached hydrogens (tertiary/aromatic N) is 4. The Labute approximate surface area is 143 Å². The summed E-state index contributed by atoms with van der Waals surface area (Å²) in [4.78, 5) is 37.2. The van der Waals surface area contributed by atoms with Gasteiger partial charge in [0, 0.05) is 25.2 Å². The smallest absolute Gasteiger partial charge is 0.326 e. The van der Waals surface area contributed by atoms with Gasteiger partial charge in [0.15, 0.2) is 0 Å². The van der Waals surface area contributed by atoms with Crippen LogP contribution in [0.3, 0.4) is 0 Å². The lowest BCUT2D eigenvalue weighted by Gasteiger charge is -2.32. The molecule has 8 nitrogen and oxygen atoms in total. The van der Waals surface area contributed by atoms with Crippen LogP contribution in [0.5, 0.6) is 0 Å². The number of carboxylic acid groups (broad SMARTS) is 1. The van der Waals surface area contributed by atoms with Gasteiger partial charge in [-0.1, -0.05) is 6.07 Å². The molecule has 0 saturated heterocycles. The summed E-state index contributed by atoms with van der Waals surface area (Å²) >= 11 is 0. The number of aromatic nitrogens is 4. The first kappa shape index (κ1) is 15.4. The number of hydrogen-bond donors (Lipinski definition) is 2.